The number of carbonyl (C=O) groups excluding carboxylic acids is 1. The maximum atomic E-state index is 11.7. The summed E-state index contributed by atoms with van der Waals surface area (Å²) < 4.78 is 5.11. The van der Waals surface area contributed by atoms with Crippen LogP contribution in [0, 0.1) is 0 Å². The Morgan fingerprint density at radius 1 is 1.22 bits per heavy atom. The highest BCUT2D eigenvalue weighted by Crippen LogP contribution is 2.36. The number of rotatable bonds is 7. The minimum atomic E-state index is -0.811. The van der Waals surface area contributed by atoms with Crippen LogP contribution in [0.3, 0.4) is 0 Å². The SMILES string of the molecule is CC(C)OC(=O)[C@@H](N)Cc1ccc([B]C(C)(C)C(C)(C)O)cc1. The third-order valence-corrected chi connectivity index (χ3v) is 4.19. The fraction of sp³-hybridized carbons (Fsp3) is 0.611. The zero-order valence-corrected chi connectivity index (χ0v) is 15.1. The summed E-state index contributed by atoms with van der Waals surface area (Å²) in [6.45, 7) is 11.2. The number of esters is 1. The molecule has 4 nitrogen and oxygen atoms in total. The summed E-state index contributed by atoms with van der Waals surface area (Å²) in [5.74, 6) is -0.376. The average Bonchev–Trinajstić information content (AvgIpc) is 2.38. The molecule has 0 saturated carbocycles. The maximum absolute atomic E-state index is 11.7. The van der Waals surface area contributed by atoms with Gasteiger partial charge in [-0.2, -0.15) is 0 Å². The summed E-state index contributed by atoms with van der Waals surface area (Å²) in [5, 5.41) is 9.86. The molecule has 0 unspecified atom stereocenters. The Morgan fingerprint density at radius 2 is 1.74 bits per heavy atom. The van der Waals surface area contributed by atoms with Gasteiger partial charge in [0, 0.05) is 0 Å². The summed E-state index contributed by atoms with van der Waals surface area (Å²) in [7, 11) is 2.05. The Morgan fingerprint density at radius 3 is 2.17 bits per heavy atom. The van der Waals surface area contributed by atoms with Gasteiger partial charge < -0.3 is 15.6 Å². The van der Waals surface area contributed by atoms with E-state index >= 15 is 0 Å². The highest BCUT2D eigenvalue weighted by molar-refractivity contribution is 6.57. The quantitative estimate of drug-likeness (QED) is 0.594. The molecule has 0 fully saturated rings. The minimum Gasteiger partial charge on any atom is -0.462 e. The first kappa shape index (κ1) is 19.7. The van der Waals surface area contributed by atoms with E-state index in [2.05, 4.69) is 0 Å². The number of aliphatic hydroxyl groups is 1. The van der Waals surface area contributed by atoms with Crippen LogP contribution in [0.5, 0.6) is 0 Å². The second-order valence-corrected chi connectivity index (χ2v) is 7.46. The molecule has 0 aliphatic rings. The molecule has 3 N–H and O–H groups in total. The van der Waals surface area contributed by atoms with Gasteiger partial charge in [-0.3, -0.25) is 4.79 Å². The van der Waals surface area contributed by atoms with Crippen molar-refractivity contribution in [1.82, 2.24) is 0 Å². The molecule has 23 heavy (non-hydrogen) atoms. The van der Waals surface area contributed by atoms with E-state index in [9.17, 15) is 9.90 Å². The topological polar surface area (TPSA) is 72.5 Å². The third kappa shape index (κ3) is 6.00. The summed E-state index contributed by atoms with van der Waals surface area (Å²) in [5.41, 5.74) is 7.08. The van der Waals surface area contributed by atoms with E-state index in [0.29, 0.717) is 6.42 Å². The van der Waals surface area contributed by atoms with Crippen molar-refractivity contribution >= 4 is 18.7 Å². The van der Waals surface area contributed by atoms with Gasteiger partial charge in [-0.1, -0.05) is 43.6 Å². The highest BCUT2D eigenvalue weighted by Gasteiger charge is 2.35. The largest absolute Gasteiger partial charge is 0.462 e. The van der Waals surface area contributed by atoms with Crippen LogP contribution in [-0.2, 0) is 16.0 Å². The Bertz CT molecular complexity index is 518. The zero-order chi connectivity index (χ0) is 17.8. The van der Waals surface area contributed by atoms with Crippen LogP contribution < -0.4 is 11.2 Å². The third-order valence-electron chi connectivity index (χ3n) is 4.19. The Hall–Kier alpha value is -1.33. The molecule has 0 amide bonds. The molecule has 1 aromatic carbocycles. The molecule has 0 heterocycles. The molecule has 1 atom stereocenters. The molecule has 1 radical (unpaired) electrons. The fourth-order valence-electron chi connectivity index (χ4n) is 2.00. The molecular formula is C18H29BNO3. The van der Waals surface area contributed by atoms with Crippen molar-refractivity contribution in [1.29, 1.82) is 0 Å². The molecule has 1 aromatic rings. The van der Waals surface area contributed by atoms with Crippen LogP contribution in [0.25, 0.3) is 0 Å². The van der Waals surface area contributed by atoms with E-state index < -0.39 is 11.6 Å². The van der Waals surface area contributed by atoms with Gasteiger partial charge in [-0.15, -0.1) is 0 Å². The highest BCUT2D eigenvalue weighted by atomic mass is 16.5. The molecule has 0 spiro atoms. The molecule has 0 aromatic heterocycles. The number of hydrogen-bond donors (Lipinski definition) is 2. The van der Waals surface area contributed by atoms with Crippen LogP contribution in [-0.4, -0.2) is 36.1 Å². The molecule has 5 heteroatoms. The number of hydrogen-bond acceptors (Lipinski definition) is 4. The molecule has 1 rings (SSSR count). The first-order valence-corrected chi connectivity index (χ1v) is 8.05. The monoisotopic (exact) mass is 318 g/mol. The molecule has 127 valence electrons. The number of nitrogens with two attached hydrogens (primary N) is 1. The van der Waals surface area contributed by atoms with Gasteiger partial charge in [0.1, 0.15) is 6.04 Å². The van der Waals surface area contributed by atoms with Crippen molar-refractivity contribution in [3.05, 3.63) is 29.8 Å². The minimum absolute atomic E-state index is 0.158. The molecule has 0 aliphatic heterocycles. The van der Waals surface area contributed by atoms with Crippen molar-refractivity contribution in [2.45, 2.75) is 71.0 Å². The van der Waals surface area contributed by atoms with Gasteiger partial charge in [0.2, 0.25) is 0 Å². The second kappa shape index (κ2) is 7.50. The summed E-state index contributed by atoms with van der Waals surface area (Å²) in [6, 6.07) is 7.20. The normalized spacial score (nSPS) is 13.8. The van der Waals surface area contributed by atoms with Gasteiger partial charge in [-0.05, 0) is 45.0 Å². The number of benzene rings is 1. The van der Waals surface area contributed by atoms with Crippen LogP contribution in [0.15, 0.2) is 24.3 Å². The van der Waals surface area contributed by atoms with Gasteiger partial charge in [0.05, 0.1) is 11.7 Å². The van der Waals surface area contributed by atoms with Crippen molar-refractivity contribution < 1.29 is 14.6 Å². The number of ether oxygens (including phenoxy) is 1. The van der Waals surface area contributed by atoms with E-state index in [4.69, 9.17) is 10.5 Å². The lowest BCUT2D eigenvalue weighted by Gasteiger charge is -2.37. The summed E-state index contributed by atoms with van der Waals surface area (Å²) in [4.78, 5) is 11.7. The molecule has 0 saturated heterocycles. The van der Waals surface area contributed by atoms with Crippen molar-refractivity contribution in [3.63, 3.8) is 0 Å². The molecular weight excluding hydrogens is 289 g/mol. The van der Waals surface area contributed by atoms with Crippen LogP contribution in [0.4, 0.5) is 0 Å². The van der Waals surface area contributed by atoms with E-state index in [-0.39, 0.29) is 17.4 Å². The zero-order valence-electron chi connectivity index (χ0n) is 15.1. The lowest BCUT2D eigenvalue weighted by Crippen LogP contribution is -2.41. The van der Waals surface area contributed by atoms with Gasteiger partial charge >= 0.3 is 5.97 Å². The van der Waals surface area contributed by atoms with Crippen LogP contribution >= 0.6 is 0 Å². The Kier molecular flexibility index (Phi) is 6.43. The van der Waals surface area contributed by atoms with Crippen molar-refractivity contribution in [2.75, 3.05) is 0 Å². The van der Waals surface area contributed by atoms with E-state index in [0.717, 1.165) is 11.0 Å². The Labute approximate surface area is 140 Å². The van der Waals surface area contributed by atoms with Crippen LogP contribution in [0.2, 0.25) is 5.31 Å². The van der Waals surface area contributed by atoms with E-state index in [1.165, 1.54) is 0 Å². The Balaban J connectivity index is 2.69. The summed E-state index contributed by atoms with van der Waals surface area (Å²) in [6.07, 6.45) is 0.287. The first-order valence-electron chi connectivity index (χ1n) is 8.05. The smallest absolute Gasteiger partial charge is 0.323 e. The maximum Gasteiger partial charge on any atom is 0.323 e. The van der Waals surface area contributed by atoms with Crippen molar-refractivity contribution in [3.8, 4) is 0 Å². The average molecular weight is 318 g/mol. The fourth-order valence-corrected chi connectivity index (χ4v) is 2.00. The number of carbonyl (C=O) groups is 1. The van der Waals surface area contributed by atoms with Gasteiger partial charge in [0.25, 0.3) is 0 Å². The first-order chi connectivity index (χ1) is 10.4. The lowest BCUT2D eigenvalue weighted by molar-refractivity contribution is -0.148. The standard InChI is InChI=1S/C18H29BNO3/c1-12(2)23-16(21)15(20)11-13-7-9-14(10-8-13)19-17(3,4)18(5,6)22/h7-10,12,15,22H,11,20H2,1-6H3/t15-/m0/s1. The van der Waals surface area contributed by atoms with Crippen molar-refractivity contribution in [2.24, 2.45) is 5.73 Å². The molecule has 0 aliphatic carbocycles. The van der Waals surface area contributed by atoms with E-state index in [1.54, 1.807) is 27.7 Å². The molecule has 0 bridgehead atoms. The predicted octanol–water partition coefficient (Wildman–Crippen LogP) is 1.81. The lowest BCUT2D eigenvalue weighted by atomic mass is 9.45. The predicted molar refractivity (Wildman–Crippen MR) is 95.1 cm³/mol. The summed E-state index contributed by atoms with van der Waals surface area (Å²) >= 11 is 0. The van der Waals surface area contributed by atoms with Gasteiger partial charge in [0.15, 0.2) is 7.28 Å². The van der Waals surface area contributed by atoms with E-state index in [1.807, 2.05) is 45.4 Å². The van der Waals surface area contributed by atoms with Gasteiger partial charge in [-0.25, -0.2) is 0 Å². The second-order valence-electron chi connectivity index (χ2n) is 7.46. The van der Waals surface area contributed by atoms with Crippen LogP contribution in [0.1, 0.15) is 47.1 Å².